The number of hydrogen-bond acceptors (Lipinski definition) is 4. The molecule has 2 aliphatic rings. The molecule has 4 nitrogen and oxygen atoms in total. The predicted molar refractivity (Wildman–Crippen MR) is 160 cm³/mol. The van der Waals surface area contributed by atoms with Crippen molar-refractivity contribution < 1.29 is 19.1 Å². The Balaban J connectivity index is 1.53. The van der Waals surface area contributed by atoms with E-state index in [1.807, 2.05) is 71.0 Å². The average Bonchev–Trinajstić information content (AvgIpc) is 3.27. The van der Waals surface area contributed by atoms with Crippen LogP contribution in [0.15, 0.2) is 48.5 Å². The van der Waals surface area contributed by atoms with E-state index in [1.165, 1.54) is 32.1 Å². The van der Waals surface area contributed by atoms with Crippen molar-refractivity contribution in [2.24, 2.45) is 29.6 Å². The van der Waals surface area contributed by atoms with Gasteiger partial charge in [0, 0.05) is 24.3 Å². The maximum Gasteiger partial charge on any atom is 0.163 e. The predicted octanol–water partition coefficient (Wildman–Crippen LogP) is 7.91. The van der Waals surface area contributed by atoms with Gasteiger partial charge in [0.15, 0.2) is 5.78 Å². The van der Waals surface area contributed by atoms with Crippen LogP contribution in [0.3, 0.4) is 0 Å². The highest BCUT2D eigenvalue weighted by Crippen LogP contribution is 2.41. The summed E-state index contributed by atoms with van der Waals surface area (Å²) in [4.78, 5) is 41.4. The minimum Gasteiger partial charge on any atom is -0.374 e. The van der Waals surface area contributed by atoms with Gasteiger partial charge >= 0.3 is 0 Å². The first-order valence-corrected chi connectivity index (χ1v) is 15.4. The van der Waals surface area contributed by atoms with Crippen LogP contribution in [-0.4, -0.2) is 29.6 Å². The second-order valence-electron chi connectivity index (χ2n) is 13.0. The van der Waals surface area contributed by atoms with Crippen molar-refractivity contribution in [3.8, 4) is 0 Å². The van der Waals surface area contributed by atoms with E-state index < -0.39 is 17.4 Å². The molecule has 1 aliphatic heterocycles. The lowest BCUT2D eigenvalue weighted by Crippen LogP contribution is -2.41. The standard InChI is InChI=1S/C36H48O4/c1-24-13-12-18-30(25(24)2)33(38)22-29(21-28-16-10-7-11-17-28)26(3)35(39)31-23-40-36(4,5)34(31)32(37)20-19-27-14-8-6-9-15-27/h7,10-13,16-18,26-27,29,31,34H,6,8-9,14-15,19-23H2,1-5H3. The molecule has 0 aromatic heterocycles. The van der Waals surface area contributed by atoms with Crippen molar-refractivity contribution in [3.63, 3.8) is 0 Å². The summed E-state index contributed by atoms with van der Waals surface area (Å²) in [6, 6.07) is 15.9. The Kier molecular flexibility index (Phi) is 10.2. The molecule has 0 amide bonds. The molecule has 2 aromatic rings. The molecular formula is C36H48O4. The third-order valence-electron chi connectivity index (χ3n) is 9.87. The first kappa shape index (κ1) is 30.4. The average molecular weight is 545 g/mol. The molecule has 0 spiro atoms. The normalized spacial score (nSPS) is 22.5. The summed E-state index contributed by atoms with van der Waals surface area (Å²) in [5.41, 5.74) is 3.28. The lowest BCUT2D eigenvalue weighted by molar-refractivity contribution is -0.135. The van der Waals surface area contributed by atoms with Crippen molar-refractivity contribution in [1.29, 1.82) is 0 Å². The van der Waals surface area contributed by atoms with Crippen LogP contribution < -0.4 is 0 Å². The number of carbonyl (C=O) groups is 3. The van der Waals surface area contributed by atoms with Gasteiger partial charge in [-0.3, -0.25) is 14.4 Å². The largest absolute Gasteiger partial charge is 0.374 e. The summed E-state index contributed by atoms with van der Waals surface area (Å²) >= 11 is 0. The molecule has 0 N–H and O–H groups in total. The SMILES string of the molecule is Cc1cccc(C(=O)CC(Cc2ccccc2)C(C)C(=O)C2COC(C)(C)C2C(=O)CCC2CCCCC2)c1C. The number of rotatable bonds is 12. The van der Waals surface area contributed by atoms with E-state index >= 15 is 0 Å². The van der Waals surface area contributed by atoms with E-state index in [4.69, 9.17) is 4.74 Å². The van der Waals surface area contributed by atoms with Crippen LogP contribution in [0.2, 0.25) is 0 Å². The maximum absolute atomic E-state index is 14.2. The molecule has 1 aliphatic carbocycles. The van der Waals surface area contributed by atoms with Crippen LogP contribution in [0.1, 0.15) is 99.2 Å². The molecule has 40 heavy (non-hydrogen) atoms. The van der Waals surface area contributed by atoms with Gasteiger partial charge in [-0.15, -0.1) is 0 Å². The third kappa shape index (κ3) is 7.18. The Hall–Kier alpha value is -2.59. The van der Waals surface area contributed by atoms with Gasteiger partial charge < -0.3 is 4.74 Å². The van der Waals surface area contributed by atoms with Crippen molar-refractivity contribution in [3.05, 3.63) is 70.8 Å². The molecule has 0 radical (unpaired) electrons. The third-order valence-corrected chi connectivity index (χ3v) is 9.87. The summed E-state index contributed by atoms with van der Waals surface area (Å²) in [7, 11) is 0. The monoisotopic (exact) mass is 544 g/mol. The summed E-state index contributed by atoms with van der Waals surface area (Å²) in [6.07, 6.45) is 8.64. The van der Waals surface area contributed by atoms with E-state index in [2.05, 4.69) is 12.1 Å². The Morgan fingerprint density at radius 3 is 2.35 bits per heavy atom. The fourth-order valence-corrected chi connectivity index (χ4v) is 7.13. The minimum atomic E-state index is -0.660. The molecule has 2 fully saturated rings. The topological polar surface area (TPSA) is 60.4 Å². The van der Waals surface area contributed by atoms with Crippen molar-refractivity contribution in [1.82, 2.24) is 0 Å². The molecule has 4 unspecified atom stereocenters. The smallest absolute Gasteiger partial charge is 0.163 e. The van der Waals surface area contributed by atoms with E-state index in [-0.39, 0.29) is 35.8 Å². The van der Waals surface area contributed by atoms with E-state index in [0.717, 1.165) is 28.7 Å². The molecule has 4 atom stereocenters. The quantitative estimate of drug-likeness (QED) is 0.255. The van der Waals surface area contributed by atoms with Gasteiger partial charge in [0.25, 0.3) is 0 Å². The first-order chi connectivity index (χ1) is 19.1. The second-order valence-corrected chi connectivity index (χ2v) is 13.0. The van der Waals surface area contributed by atoms with Gasteiger partial charge in [0.1, 0.15) is 11.6 Å². The van der Waals surface area contributed by atoms with E-state index in [0.29, 0.717) is 25.2 Å². The van der Waals surface area contributed by atoms with Crippen molar-refractivity contribution in [2.45, 2.75) is 98.0 Å². The zero-order valence-electron chi connectivity index (χ0n) is 25.2. The molecule has 1 saturated heterocycles. The second kappa shape index (κ2) is 13.4. The number of ketones is 3. The van der Waals surface area contributed by atoms with Gasteiger partial charge in [-0.25, -0.2) is 0 Å². The fourth-order valence-electron chi connectivity index (χ4n) is 7.13. The van der Waals surface area contributed by atoms with Crippen LogP contribution in [0.4, 0.5) is 0 Å². The van der Waals surface area contributed by atoms with Gasteiger partial charge in [-0.1, -0.05) is 87.6 Å². The highest BCUT2D eigenvalue weighted by Gasteiger charge is 2.51. The Morgan fingerprint density at radius 1 is 0.950 bits per heavy atom. The number of carbonyl (C=O) groups excluding carboxylic acids is 3. The van der Waals surface area contributed by atoms with Gasteiger partial charge in [-0.2, -0.15) is 0 Å². The van der Waals surface area contributed by atoms with Gasteiger partial charge in [0.2, 0.25) is 0 Å². The van der Waals surface area contributed by atoms with Crippen LogP contribution in [0.5, 0.6) is 0 Å². The summed E-state index contributed by atoms with van der Waals surface area (Å²) in [5, 5.41) is 0. The highest BCUT2D eigenvalue weighted by atomic mass is 16.5. The van der Waals surface area contributed by atoms with E-state index in [9.17, 15) is 14.4 Å². The molecule has 216 valence electrons. The lowest BCUT2D eigenvalue weighted by atomic mass is 9.71. The zero-order valence-corrected chi connectivity index (χ0v) is 25.2. The summed E-state index contributed by atoms with van der Waals surface area (Å²) < 4.78 is 6.12. The maximum atomic E-state index is 14.2. The Morgan fingerprint density at radius 2 is 1.65 bits per heavy atom. The summed E-state index contributed by atoms with van der Waals surface area (Å²) in [6.45, 7) is 10.2. The molecule has 1 saturated carbocycles. The number of ether oxygens (including phenoxy) is 1. The zero-order chi connectivity index (χ0) is 28.9. The van der Waals surface area contributed by atoms with E-state index in [1.54, 1.807) is 0 Å². The van der Waals surface area contributed by atoms with Crippen molar-refractivity contribution in [2.75, 3.05) is 6.61 Å². The lowest BCUT2D eigenvalue weighted by Gasteiger charge is -2.31. The van der Waals surface area contributed by atoms with Gasteiger partial charge in [-0.05, 0) is 69.1 Å². The van der Waals surface area contributed by atoms with Crippen molar-refractivity contribution >= 4 is 17.3 Å². The molecule has 0 bridgehead atoms. The molecular weight excluding hydrogens is 496 g/mol. The van der Waals surface area contributed by atoms with Crippen LogP contribution in [0.25, 0.3) is 0 Å². The molecule has 2 aromatic carbocycles. The van der Waals surface area contributed by atoms with Crippen LogP contribution in [0, 0.1) is 43.4 Å². The molecule has 1 heterocycles. The summed E-state index contributed by atoms with van der Waals surface area (Å²) in [5.74, 6) is -0.487. The Bertz CT molecular complexity index is 1170. The first-order valence-electron chi connectivity index (χ1n) is 15.4. The van der Waals surface area contributed by atoms with Crippen LogP contribution >= 0.6 is 0 Å². The molecule has 4 rings (SSSR count). The highest BCUT2D eigenvalue weighted by molar-refractivity contribution is 5.98. The minimum absolute atomic E-state index is 0.0660. The van der Waals surface area contributed by atoms with Gasteiger partial charge in [0.05, 0.1) is 24.0 Å². The van der Waals surface area contributed by atoms with Crippen LogP contribution in [-0.2, 0) is 20.7 Å². The number of hydrogen-bond donors (Lipinski definition) is 0. The molecule has 4 heteroatoms. The number of benzene rings is 2. The Labute approximate surface area is 241 Å². The number of Topliss-reactive ketones (excluding diaryl/α,β-unsaturated/α-hetero) is 3. The fraction of sp³-hybridized carbons (Fsp3) is 0.583. The number of aryl methyl sites for hydroxylation is 1.